The lowest BCUT2D eigenvalue weighted by Gasteiger charge is -2.12. The van der Waals surface area contributed by atoms with Crippen LogP contribution in [-0.2, 0) is 6.54 Å². The molecule has 0 aliphatic heterocycles. The number of carbonyl (C=O) groups excluding carboxylic acids is 1. The number of hydrogen-bond acceptors (Lipinski definition) is 3. The molecule has 6 heteroatoms. The van der Waals surface area contributed by atoms with E-state index in [1.165, 1.54) is 0 Å². The van der Waals surface area contributed by atoms with Gasteiger partial charge in [0.15, 0.2) is 0 Å². The number of carbonyl (C=O) groups is 1. The quantitative estimate of drug-likeness (QED) is 0.702. The van der Waals surface area contributed by atoms with Gasteiger partial charge in [-0.15, -0.1) is 0 Å². The Morgan fingerprint density at radius 2 is 2.00 bits per heavy atom. The molecular weight excluding hydrogens is 398 g/mol. The molecule has 0 radical (unpaired) electrons. The second kappa shape index (κ2) is 6.85. The molecule has 21 heavy (non-hydrogen) atoms. The van der Waals surface area contributed by atoms with E-state index in [4.69, 9.17) is 0 Å². The lowest BCUT2D eigenvalue weighted by atomic mass is 10.1. The number of likely N-dealkylation sites (N-methyl/N-ethyl adjacent to an activating group) is 1. The third kappa shape index (κ3) is 3.81. The number of nitrogens with zero attached hydrogens (tertiary/aromatic N) is 3. The highest BCUT2D eigenvalue weighted by Gasteiger charge is 2.19. The lowest BCUT2D eigenvalue weighted by Crippen LogP contribution is -2.21. The van der Waals surface area contributed by atoms with Crippen LogP contribution >= 0.6 is 31.9 Å². The molecule has 0 bridgehead atoms. The molecule has 1 aromatic heterocycles. The zero-order chi connectivity index (χ0) is 15.6. The predicted octanol–water partition coefficient (Wildman–Crippen LogP) is 3.51. The Morgan fingerprint density at radius 1 is 1.29 bits per heavy atom. The molecule has 0 atom stereocenters. The smallest absolute Gasteiger partial charge is 0.212 e. The summed E-state index contributed by atoms with van der Waals surface area (Å²) in [5.74, 6) is -0.0197. The molecule has 2 rings (SSSR count). The predicted molar refractivity (Wildman–Crippen MR) is 90.8 cm³/mol. The molecule has 2 aromatic rings. The highest BCUT2D eigenvalue weighted by atomic mass is 79.9. The van der Waals surface area contributed by atoms with Crippen molar-refractivity contribution in [2.75, 3.05) is 20.6 Å². The first-order valence-electron chi connectivity index (χ1n) is 6.57. The van der Waals surface area contributed by atoms with E-state index >= 15 is 0 Å². The van der Waals surface area contributed by atoms with Gasteiger partial charge < -0.3 is 4.90 Å². The molecule has 0 amide bonds. The Labute approximate surface area is 141 Å². The topological polar surface area (TPSA) is 38.1 Å². The van der Waals surface area contributed by atoms with Crippen LogP contribution in [0.2, 0.25) is 0 Å². The molecule has 0 fully saturated rings. The van der Waals surface area contributed by atoms with Crippen molar-refractivity contribution >= 4 is 37.6 Å². The standard InChI is InChI=1S/C15H17Br2N3O/c1-10-8-11(4-5-12(10)16)15(21)14-13(17)9-18-20(14)7-6-19(2)3/h4-5,8-9H,6-7H2,1-3H3. The zero-order valence-electron chi connectivity index (χ0n) is 12.2. The van der Waals surface area contributed by atoms with E-state index in [2.05, 4.69) is 41.9 Å². The summed E-state index contributed by atoms with van der Waals surface area (Å²) in [5.41, 5.74) is 2.30. The molecule has 1 heterocycles. The van der Waals surface area contributed by atoms with Crippen LogP contribution in [0.15, 0.2) is 33.3 Å². The van der Waals surface area contributed by atoms with Gasteiger partial charge in [0, 0.05) is 16.6 Å². The minimum atomic E-state index is -0.0197. The summed E-state index contributed by atoms with van der Waals surface area (Å²) in [7, 11) is 4.00. The van der Waals surface area contributed by atoms with Crippen molar-refractivity contribution in [3.63, 3.8) is 0 Å². The summed E-state index contributed by atoms with van der Waals surface area (Å²) in [6, 6.07) is 5.62. The summed E-state index contributed by atoms with van der Waals surface area (Å²) in [6.07, 6.45) is 1.68. The van der Waals surface area contributed by atoms with Crippen LogP contribution < -0.4 is 0 Å². The van der Waals surface area contributed by atoms with Crippen LogP contribution in [0, 0.1) is 6.92 Å². The minimum absolute atomic E-state index is 0.0197. The van der Waals surface area contributed by atoms with Gasteiger partial charge in [-0.25, -0.2) is 0 Å². The SMILES string of the molecule is Cc1cc(C(=O)c2c(Br)cnn2CCN(C)C)ccc1Br. The van der Waals surface area contributed by atoms with Crippen LogP contribution in [0.3, 0.4) is 0 Å². The number of aryl methyl sites for hydroxylation is 1. The number of hydrogen-bond donors (Lipinski definition) is 0. The average molecular weight is 415 g/mol. The summed E-state index contributed by atoms with van der Waals surface area (Å²) < 4.78 is 3.48. The van der Waals surface area contributed by atoms with E-state index in [1.807, 2.05) is 39.2 Å². The van der Waals surface area contributed by atoms with Gasteiger partial charge in [-0.2, -0.15) is 5.10 Å². The molecule has 0 unspecified atom stereocenters. The van der Waals surface area contributed by atoms with Gasteiger partial charge in [0.1, 0.15) is 5.69 Å². The summed E-state index contributed by atoms with van der Waals surface area (Å²) in [5, 5.41) is 4.29. The van der Waals surface area contributed by atoms with Crippen LogP contribution in [0.25, 0.3) is 0 Å². The fourth-order valence-electron chi connectivity index (χ4n) is 1.98. The number of ketones is 1. The number of aromatic nitrogens is 2. The molecule has 0 saturated carbocycles. The molecule has 0 aliphatic rings. The monoisotopic (exact) mass is 413 g/mol. The van der Waals surface area contributed by atoms with Crippen molar-refractivity contribution in [1.82, 2.24) is 14.7 Å². The van der Waals surface area contributed by atoms with Crippen molar-refractivity contribution in [2.45, 2.75) is 13.5 Å². The Morgan fingerprint density at radius 3 is 2.62 bits per heavy atom. The second-order valence-corrected chi connectivity index (χ2v) is 6.87. The van der Waals surface area contributed by atoms with Gasteiger partial charge in [0.2, 0.25) is 5.78 Å². The highest BCUT2D eigenvalue weighted by molar-refractivity contribution is 9.10. The van der Waals surface area contributed by atoms with Gasteiger partial charge in [0.25, 0.3) is 0 Å². The van der Waals surface area contributed by atoms with Crippen LogP contribution in [0.1, 0.15) is 21.6 Å². The first-order chi connectivity index (χ1) is 9.90. The van der Waals surface area contributed by atoms with Gasteiger partial charge in [-0.3, -0.25) is 9.48 Å². The summed E-state index contributed by atoms with van der Waals surface area (Å²) in [4.78, 5) is 14.8. The second-order valence-electron chi connectivity index (χ2n) is 5.16. The molecular formula is C15H17Br2N3O. The van der Waals surface area contributed by atoms with E-state index in [9.17, 15) is 4.79 Å². The normalized spacial score (nSPS) is 11.1. The summed E-state index contributed by atoms with van der Waals surface area (Å²) in [6.45, 7) is 3.47. The molecule has 0 saturated heterocycles. The molecule has 1 aromatic carbocycles. The fraction of sp³-hybridized carbons (Fsp3) is 0.333. The maximum atomic E-state index is 12.7. The van der Waals surface area contributed by atoms with Gasteiger partial charge in [-0.05, 0) is 60.7 Å². The van der Waals surface area contributed by atoms with Crippen LogP contribution in [0.5, 0.6) is 0 Å². The highest BCUT2D eigenvalue weighted by Crippen LogP contribution is 2.23. The van der Waals surface area contributed by atoms with E-state index in [0.717, 1.165) is 21.1 Å². The van der Waals surface area contributed by atoms with Crippen molar-refractivity contribution in [1.29, 1.82) is 0 Å². The molecule has 0 spiro atoms. The van der Waals surface area contributed by atoms with E-state index in [1.54, 1.807) is 10.9 Å². The zero-order valence-corrected chi connectivity index (χ0v) is 15.4. The van der Waals surface area contributed by atoms with Crippen LogP contribution in [0.4, 0.5) is 0 Å². The van der Waals surface area contributed by atoms with Gasteiger partial charge >= 0.3 is 0 Å². The fourth-order valence-corrected chi connectivity index (χ4v) is 2.70. The number of halogens is 2. The first kappa shape index (κ1) is 16.4. The van der Waals surface area contributed by atoms with E-state index in [-0.39, 0.29) is 5.78 Å². The maximum absolute atomic E-state index is 12.7. The Bertz CT molecular complexity index is 665. The van der Waals surface area contributed by atoms with Crippen molar-refractivity contribution in [2.24, 2.45) is 0 Å². The first-order valence-corrected chi connectivity index (χ1v) is 8.15. The van der Waals surface area contributed by atoms with Crippen molar-refractivity contribution in [3.8, 4) is 0 Å². The minimum Gasteiger partial charge on any atom is -0.308 e. The van der Waals surface area contributed by atoms with Crippen molar-refractivity contribution < 1.29 is 4.79 Å². The van der Waals surface area contributed by atoms with E-state index < -0.39 is 0 Å². The Hall–Kier alpha value is -0.980. The van der Waals surface area contributed by atoms with Gasteiger partial charge in [0.05, 0.1) is 17.2 Å². The Kier molecular flexibility index (Phi) is 5.35. The lowest BCUT2D eigenvalue weighted by molar-refractivity contribution is 0.102. The molecule has 0 aliphatic carbocycles. The van der Waals surface area contributed by atoms with Gasteiger partial charge in [-0.1, -0.05) is 15.9 Å². The molecule has 4 nitrogen and oxygen atoms in total. The average Bonchev–Trinajstić information content (AvgIpc) is 2.80. The number of rotatable bonds is 5. The Balaban J connectivity index is 2.34. The molecule has 0 N–H and O–H groups in total. The maximum Gasteiger partial charge on any atom is 0.212 e. The third-order valence-corrected chi connectivity index (χ3v) is 4.66. The summed E-state index contributed by atoms with van der Waals surface area (Å²) >= 11 is 6.88. The molecule has 112 valence electrons. The van der Waals surface area contributed by atoms with E-state index in [0.29, 0.717) is 17.8 Å². The largest absolute Gasteiger partial charge is 0.308 e. The number of benzene rings is 1. The van der Waals surface area contributed by atoms with Crippen molar-refractivity contribution in [3.05, 3.63) is 50.2 Å². The van der Waals surface area contributed by atoms with Crippen LogP contribution in [-0.4, -0.2) is 41.1 Å². The third-order valence-electron chi connectivity index (χ3n) is 3.19.